The summed E-state index contributed by atoms with van der Waals surface area (Å²) in [6.45, 7) is 2.69. The Balaban J connectivity index is 1.86. The third-order valence-electron chi connectivity index (χ3n) is 2.57. The summed E-state index contributed by atoms with van der Waals surface area (Å²) in [5, 5.41) is 17.3. The molecule has 0 bridgehead atoms. The van der Waals surface area contributed by atoms with E-state index in [1.165, 1.54) is 4.88 Å². The minimum absolute atomic E-state index is 0.264. The van der Waals surface area contributed by atoms with Gasteiger partial charge >= 0.3 is 0 Å². The second-order valence-corrected chi connectivity index (χ2v) is 7.12. The van der Waals surface area contributed by atoms with Gasteiger partial charge < -0.3 is 10.4 Å². The predicted molar refractivity (Wildman–Crippen MR) is 77.7 cm³/mol. The van der Waals surface area contributed by atoms with Crippen LogP contribution in [0.4, 0.5) is 0 Å². The van der Waals surface area contributed by atoms with Crippen molar-refractivity contribution in [3.05, 3.63) is 43.2 Å². The predicted octanol–water partition coefficient (Wildman–Crippen LogP) is 3.96. The standard InChI is InChI=1S/C12H14BrNOS2/c1-8(11-2-3-12(13)17-11)14-6-10(15)9-4-5-16-7-9/h2-5,7-8,10,14-15H,6H2,1H3/t8-,10+/m1/s1. The number of hydrogen-bond acceptors (Lipinski definition) is 4. The van der Waals surface area contributed by atoms with Crippen molar-refractivity contribution in [1.29, 1.82) is 0 Å². The molecule has 0 radical (unpaired) electrons. The molecule has 0 aliphatic rings. The number of thiophene rings is 2. The summed E-state index contributed by atoms with van der Waals surface area (Å²) in [7, 11) is 0. The summed E-state index contributed by atoms with van der Waals surface area (Å²) in [5.74, 6) is 0. The second kappa shape index (κ2) is 6.11. The van der Waals surface area contributed by atoms with Gasteiger partial charge in [0.25, 0.3) is 0 Å². The maximum Gasteiger partial charge on any atom is 0.0922 e. The van der Waals surface area contributed by atoms with Crippen molar-refractivity contribution >= 4 is 38.6 Å². The van der Waals surface area contributed by atoms with Gasteiger partial charge in [0.05, 0.1) is 9.89 Å². The Morgan fingerprint density at radius 1 is 1.41 bits per heavy atom. The van der Waals surface area contributed by atoms with Crippen LogP contribution in [0.2, 0.25) is 0 Å². The normalized spacial score (nSPS) is 14.8. The van der Waals surface area contributed by atoms with Gasteiger partial charge in [-0.25, -0.2) is 0 Å². The topological polar surface area (TPSA) is 32.3 Å². The van der Waals surface area contributed by atoms with Crippen LogP contribution in [-0.2, 0) is 0 Å². The van der Waals surface area contributed by atoms with Gasteiger partial charge in [-0.05, 0) is 57.4 Å². The van der Waals surface area contributed by atoms with E-state index in [0.29, 0.717) is 6.54 Å². The highest BCUT2D eigenvalue weighted by atomic mass is 79.9. The van der Waals surface area contributed by atoms with Crippen molar-refractivity contribution < 1.29 is 5.11 Å². The molecule has 0 saturated carbocycles. The number of halogens is 1. The van der Waals surface area contributed by atoms with E-state index in [2.05, 4.69) is 34.2 Å². The van der Waals surface area contributed by atoms with Crippen LogP contribution in [0.3, 0.4) is 0 Å². The molecule has 0 aliphatic heterocycles. The number of aliphatic hydroxyl groups excluding tert-OH is 1. The quantitative estimate of drug-likeness (QED) is 0.869. The lowest BCUT2D eigenvalue weighted by atomic mass is 10.2. The number of hydrogen-bond donors (Lipinski definition) is 2. The van der Waals surface area contributed by atoms with Crippen LogP contribution in [0.1, 0.15) is 29.5 Å². The zero-order valence-corrected chi connectivity index (χ0v) is 12.6. The van der Waals surface area contributed by atoms with Crippen molar-refractivity contribution in [2.45, 2.75) is 19.1 Å². The maximum absolute atomic E-state index is 9.95. The van der Waals surface area contributed by atoms with Crippen molar-refractivity contribution in [2.75, 3.05) is 6.54 Å². The van der Waals surface area contributed by atoms with Gasteiger partial charge in [-0.15, -0.1) is 11.3 Å². The van der Waals surface area contributed by atoms with Gasteiger partial charge in [0.1, 0.15) is 0 Å². The highest BCUT2D eigenvalue weighted by molar-refractivity contribution is 9.11. The van der Waals surface area contributed by atoms with Gasteiger partial charge in [-0.1, -0.05) is 0 Å². The lowest BCUT2D eigenvalue weighted by Gasteiger charge is -2.15. The molecule has 0 aliphatic carbocycles. The van der Waals surface area contributed by atoms with E-state index in [4.69, 9.17) is 0 Å². The molecule has 2 N–H and O–H groups in total. The Hall–Kier alpha value is -0.200. The zero-order chi connectivity index (χ0) is 12.3. The fourth-order valence-corrected chi connectivity index (χ4v) is 3.69. The van der Waals surface area contributed by atoms with Gasteiger partial charge in [-0.2, -0.15) is 11.3 Å². The summed E-state index contributed by atoms with van der Waals surface area (Å²) in [6, 6.07) is 6.37. The molecule has 0 aromatic carbocycles. The van der Waals surface area contributed by atoms with Gasteiger partial charge in [-0.3, -0.25) is 0 Å². The third kappa shape index (κ3) is 3.63. The van der Waals surface area contributed by atoms with E-state index >= 15 is 0 Å². The smallest absolute Gasteiger partial charge is 0.0922 e. The second-order valence-electron chi connectivity index (χ2n) is 3.84. The van der Waals surface area contributed by atoms with E-state index < -0.39 is 6.10 Å². The first-order valence-corrected chi connectivity index (χ1v) is 7.91. The van der Waals surface area contributed by atoms with Crippen molar-refractivity contribution in [1.82, 2.24) is 5.32 Å². The van der Waals surface area contributed by atoms with Crippen LogP contribution in [0.25, 0.3) is 0 Å². The first kappa shape index (κ1) is 13.2. The molecule has 17 heavy (non-hydrogen) atoms. The molecule has 0 unspecified atom stereocenters. The van der Waals surface area contributed by atoms with Crippen LogP contribution in [0.5, 0.6) is 0 Å². The first-order valence-electron chi connectivity index (χ1n) is 5.35. The number of nitrogens with one attached hydrogen (secondary N) is 1. The van der Waals surface area contributed by atoms with Crippen molar-refractivity contribution in [3.63, 3.8) is 0 Å². The highest BCUT2D eigenvalue weighted by Crippen LogP contribution is 2.27. The Labute approximate surface area is 117 Å². The molecule has 2 aromatic heterocycles. The minimum Gasteiger partial charge on any atom is -0.387 e. The monoisotopic (exact) mass is 331 g/mol. The molecule has 2 heterocycles. The molecule has 0 saturated heterocycles. The first-order chi connectivity index (χ1) is 8.16. The van der Waals surface area contributed by atoms with E-state index in [1.54, 1.807) is 22.7 Å². The van der Waals surface area contributed by atoms with E-state index in [0.717, 1.165) is 9.35 Å². The lowest BCUT2D eigenvalue weighted by molar-refractivity contribution is 0.171. The highest BCUT2D eigenvalue weighted by Gasteiger charge is 2.12. The van der Waals surface area contributed by atoms with Gasteiger partial charge in [0.2, 0.25) is 0 Å². The van der Waals surface area contributed by atoms with Crippen molar-refractivity contribution in [2.24, 2.45) is 0 Å². The van der Waals surface area contributed by atoms with Crippen LogP contribution >= 0.6 is 38.6 Å². The Morgan fingerprint density at radius 3 is 2.82 bits per heavy atom. The van der Waals surface area contributed by atoms with E-state index in [1.807, 2.05) is 22.9 Å². The summed E-state index contributed by atoms with van der Waals surface area (Å²) >= 11 is 6.78. The third-order valence-corrected chi connectivity index (χ3v) is 5.07. The van der Waals surface area contributed by atoms with E-state index in [-0.39, 0.29) is 6.04 Å². The van der Waals surface area contributed by atoms with Gasteiger partial charge in [0, 0.05) is 17.5 Å². The molecule has 2 nitrogen and oxygen atoms in total. The molecule has 5 heteroatoms. The SMILES string of the molecule is C[C@@H](NC[C@H](O)c1ccsc1)c1ccc(Br)s1. The van der Waals surface area contributed by atoms with Crippen molar-refractivity contribution in [3.8, 4) is 0 Å². The Kier molecular flexibility index (Phi) is 4.76. The molecule has 2 rings (SSSR count). The molecule has 0 fully saturated rings. The summed E-state index contributed by atoms with van der Waals surface area (Å²) in [5.41, 5.74) is 0.988. The minimum atomic E-state index is -0.424. The fraction of sp³-hybridized carbons (Fsp3) is 0.333. The van der Waals surface area contributed by atoms with Crippen LogP contribution in [0, 0.1) is 0 Å². The molecule has 92 valence electrons. The maximum atomic E-state index is 9.95. The molecule has 0 amide bonds. The largest absolute Gasteiger partial charge is 0.387 e. The Bertz CT molecular complexity index is 455. The van der Waals surface area contributed by atoms with E-state index in [9.17, 15) is 5.11 Å². The summed E-state index contributed by atoms with van der Waals surface area (Å²) in [4.78, 5) is 1.27. The van der Waals surface area contributed by atoms with Crippen LogP contribution in [0.15, 0.2) is 32.7 Å². The molecule has 2 atom stereocenters. The van der Waals surface area contributed by atoms with Crippen LogP contribution in [-0.4, -0.2) is 11.7 Å². The fourth-order valence-electron chi connectivity index (χ4n) is 1.53. The summed E-state index contributed by atoms with van der Waals surface area (Å²) in [6.07, 6.45) is -0.424. The average Bonchev–Trinajstić information content (AvgIpc) is 2.95. The Morgan fingerprint density at radius 2 is 2.24 bits per heavy atom. The number of rotatable bonds is 5. The molecular weight excluding hydrogens is 318 g/mol. The summed E-state index contributed by atoms with van der Waals surface area (Å²) < 4.78 is 1.14. The lowest BCUT2D eigenvalue weighted by Crippen LogP contribution is -2.23. The molecular formula is C12H14BrNOS2. The molecule has 2 aromatic rings. The van der Waals surface area contributed by atoms with Gasteiger partial charge in [0.15, 0.2) is 0 Å². The average molecular weight is 332 g/mol. The molecule has 0 spiro atoms. The van der Waals surface area contributed by atoms with Crippen LogP contribution < -0.4 is 5.32 Å². The number of aliphatic hydroxyl groups is 1. The zero-order valence-electron chi connectivity index (χ0n) is 9.39.